The van der Waals surface area contributed by atoms with Crippen molar-refractivity contribution in [3.8, 4) is 11.5 Å². The molecule has 0 aliphatic heterocycles. The van der Waals surface area contributed by atoms with E-state index in [-0.39, 0.29) is 18.1 Å². The fourth-order valence-corrected chi connectivity index (χ4v) is 1.20. The van der Waals surface area contributed by atoms with Crippen molar-refractivity contribution in [3.63, 3.8) is 0 Å². The third kappa shape index (κ3) is 3.58. The molecule has 0 unspecified atom stereocenters. The number of rotatable bonds is 6. The van der Waals surface area contributed by atoms with Crippen molar-refractivity contribution < 1.29 is 27.8 Å². The minimum atomic E-state index is -4.04. The molecule has 0 amide bonds. The Morgan fingerprint density at radius 2 is 1.78 bits per heavy atom. The van der Waals surface area contributed by atoms with E-state index in [0.29, 0.717) is 6.61 Å². The average molecular weight is 260 g/mol. The van der Waals surface area contributed by atoms with Crippen LogP contribution in [-0.2, 0) is 9.53 Å². The predicted molar refractivity (Wildman–Crippen MR) is 59.8 cm³/mol. The molecular weight excluding hydrogens is 246 g/mol. The highest BCUT2D eigenvalue weighted by atomic mass is 19.3. The Morgan fingerprint density at radius 1 is 1.17 bits per heavy atom. The van der Waals surface area contributed by atoms with E-state index in [0.717, 1.165) is 0 Å². The summed E-state index contributed by atoms with van der Waals surface area (Å²) in [4.78, 5) is 11.0. The van der Waals surface area contributed by atoms with Crippen LogP contribution in [-0.4, -0.2) is 25.3 Å². The van der Waals surface area contributed by atoms with Gasteiger partial charge in [-0.25, -0.2) is 4.79 Å². The van der Waals surface area contributed by atoms with Crippen LogP contribution in [0.3, 0.4) is 0 Å². The van der Waals surface area contributed by atoms with Gasteiger partial charge in [-0.1, -0.05) is 12.1 Å². The normalized spacial score (nSPS) is 10.9. The van der Waals surface area contributed by atoms with Crippen LogP contribution in [0.1, 0.15) is 13.8 Å². The smallest absolute Gasteiger partial charge is 0.490 e. The molecule has 0 aliphatic carbocycles. The van der Waals surface area contributed by atoms with E-state index in [9.17, 15) is 13.6 Å². The van der Waals surface area contributed by atoms with Gasteiger partial charge in [0.2, 0.25) is 0 Å². The fraction of sp³-hybridized carbons (Fsp3) is 0.417. The number of ether oxygens (including phenoxy) is 3. The van der Waals surface area contributed by atoms with Gasteiger partial charge in [-0.05, 0) is 26.0 Å². The largest absolute Gasteiger partial charge is 0.502 e. The summed E-state index contributed by atoms with van der Waals surface area (Å²) in [7, 11) is 0. The van der Waals surface area contributed by atoms with Gasteiger partial charge in [0.25, 0.3) is 0 Å². The topological polar surface area (TPSA) is 44.8 Å². The lowest BCUT2D eigenvalue weighted by atomic mass is 10.3. The van der Waals surface area contributed by atoms with Crippen LogP contribution in [0.5, 0.6) is 11.5 Å². The van der Waals surface area contributed by atoms with E-state index >= 15 is 0 Å². The molecule has 0 bridgehead atoms. The average Bonchev–Trinajstić information content (AvgIpc) is 2.32. The third-order valence-electron chi connectivity index (χ3n) is 1.90. The summed E-state index contributed by atoms with van der Waals surface area (Å²) in [6.45, 7) is 3.29. The van der Waals surface area contributed by atoms with Crippen molar-refractivity contribution in [1.29, 1.82) is 0 Å². The number of hydrogen-bond donors (Lipinski definition) is 0. The van der Waals surface area contributed by atoms with Crippen LogP contribution >= 0.6 is 0 Å². The molecule has 0 saturated carbocycles. The summed E-state index contributed by atoms with van der Waals surface area (Å²) in [5, 5.41) is 0. The van der Waals surface area contributed by atoms with Crippen molar-refractivity contribution in [2.45, 2.75) is 20.0 Å². The number of esters is 1. The molecule has 0 N–H and O–H groups in total. The lowest BCUT2D eigenvalue weighted by Crippen LogP contribution is -2.37. The maximum atomic E-state index is 13.4. The third-order valence-corrected chi connectivity index (χ3v) is 1.90. The Balaban J connectivity index is 2.86. The Kier molecular flexibility index (Phi) is 4.88. The maximum absolute atomic E-state index is 13.4. The second kappa shape index (κ2) is 6.18. The molecular formula is C12H14F2O4. The van der Waals surface area contributed by atoms with Crippen molar-refractivity contribution in [2.75, 3.05) is 13.2 Å². The van der Waals surface area contributed by atoms with Gasteiger partial charge in [-0.15, -0.1) is 0 Å². The first-order chi connectivity index (χ1) is 8.51. The summed E-state index contributed by atoms with van der Waals surface area (Å²) >= 11 is 0. The standard InChI is InChI=1S/C12H14F2O4/c1-3-16-9-7-5-6-8-10(9)18-12(13,14)11(15)17-4-2/h5-8H,3-4H2,1-2H3. The van der Waals surface area contributed by atoms with Crippen molar-refractivity contribution in [1.82, 2.24) is 0 Å². The first-order valence-electron chi connectivity index (χ1n) is 5.47. The van der Waals surface area contributed by atoms with E-state index in [2.05, 4.69) is 9.47 Å². The van der Waals surface area contributed by atoms with Gasteiger partial charge in [-0.2, -0.15) is 8.78 Å². The number of carbonyl (C=O) groups excluding carboxylic acids is 1. The van der Waals surface area contributed by atoms with E-state index in [4.69, 9.17) is 4.74 Å². The number of para-hydroxylation sites is 2. The lowest BCUT2D eigenvalue weighted by Gasteiger charge is -2.17. The molecule has 100 valence electrons. The molecule has 0 aliphatic rings. The summed E-state index contributed by atoms with van der Waals surface area (Å²) in [5.74, 6) is -1.79. The molecule has 0 saturated heterocycles. The van der Waals surface area contributed by atoms with Crippen molar-refractivity contribution in [3.05, 3.63) is 24.3 Å². The minimum Gasteiger partial charge on any atom is -0.490 e. The molecule has 1 rings (SSSR count). The second-order valence-electron chi connectivity index (χ2n) is 3.22. The Bertz CT molecular complexity index is 407. The molecule has 0 radical (unpaired) electrons. The van der Waals surface area contributed by atoms with E-state index < -0.39 is 12.1 Å². The van der Waals surface area contributed by atoms with E-state index in [1.165, 1.54) is 25.1 Å². The molecule has 0 aromatic heterocycles. The zero-order chi connectivity index (χ0) is 13.6. The molecule has 6 heteroatoms. The number of alkyl halides is 2. The Morgan fingerprint density at radius 3 is 2.33 bits per heavy atom. The lowest BCUT2D eigenvalue weighted by molar-refractivity contribution is -0.216. The predicted octanol–water partition coefficient (Wildman–Crippen LogP) is 2.62. The Labute approximate surface area is 103 Å². The van der Waals surface area contributed by atoms with Gasteiger partial charge >= 0.3 is 12.1 Å². The molecule has 0 heterocycles. The van der Waals surface area contributed by atoms with Crippen LogP contribution in [0.2, 0.25) is 0 Å². The van der Waals surface area contributed by atoms with E-state index in [1.54, 1.807) is 13.0 Å². The molecule has 0 atom stereocenters. The van der Waals surface area contributed by atoms with Gasteiger partial charge in [0.15, 0.2) is 11.5 Å². The van der Waals surface area contributed by atoms with Gasteiger partial charge in [0.05, 0.1) is 13.2 Å². The zero-order valence-electron chi connectivity index (χ0n) is 10.1. The molecule has 4 nitrogen and oxygen atoms in total. The highest BCUT2D eigenvalue weighted by molar-refractivity contribution is 5.76. The number of hydrogen-bond acceptors (Lipinski definition) is 4. The number of halogens is 2. The fourth-order valence-electron chi connectivity index (χ4n) is 1.20. The van der Waals surface area contributed by atoms with Crippen LogP contribution < -0.4 is 9.47 Å². The van der Waals surface area contributed by atoms with Gasteiger partial charge in [0, 0.05) is 0 Å². The van der Waals surface area contributed by atoms with Crippen LogP contribution in [0.15, 0.2) is 24.3 Å². The quantitative estimate of drug-likeness (QED) is 0.737. The first kappa shape index (κ1) is 14.2. The summed E-state index contributed by atoms with van der Waals surface area (Å²) in [6.07, 6.45) is -4.04. The molecule has 18 heavy (non-hydrogen) atoms. The highest BCUT2D eigenvalue weighted by Gasteiger charge is 2.44. The Hall–Kier alpha value is -1.85. The monoisotopic (exact) mass is 260 g/mol. The number of carbonyl (C=O) groups is 1. The zero-order valence-corrected chi connectivity index (χ0v) is 10.1. The van der Waals surface area contributed by atoms with Crippen LogP contribution in [0.4, 0.5) is 8.78 Å². The van der Waals surface area contributed by atoms with Crippen LogP contribution in [0.25, 0.3) is 0 Å². The maximum Gasteiger partial charge on any atom is 0.502 e. The van der Waals surface area contributed by atoms with Gasteiger partial charge < -0.3 is 14.2 Å². The van der Waals surface area contributed by atoms with Crippen molar-refractivity contribution >= 4 is 5.97 Å². The van der Waals surface area contributed by atoms with Gasteiger partial charge in [-0.3, -0.25) is 0 Å². The summed E-state index contributed by atoms with van der Waals surface area (Å²) < 4.78 is 40.4. The van der Waals surface area contributed by atoms with E-state index in [1.807, 2.05) is 0 Å². The summed E-state index contributed by atoms with van der Waals surface area (Å²) in [6, 6.07) is 5.87. The van der Waals surface area contributed by atoms with Gasteiger partial charge in [0.1, 0.15) is 0 Å². The van der Waals surface area contributed by atoms with Crippen LogP contribution in [0, 0.1) is 0 Å². The highest BCUT2D eigenvalue weighted by Crippen LogP contribution is 2.31. The minimum absolute atomic E-state index is 0.143. The summed E-state index contributed by atoms with van der Waals surface area (Å²) in [5.41, 5.74) is 0. The number of benzene rings is 1. The molecule has 0 fully saturated rings. The molecule has 1 aromatic rings. The second-order valence-corrected chi connectivity index (χ2v) is 3.22. The van der Waals surface area contributed by atoms with Crippen molar-refractivity contribution in [2.24, 2.45) is 0 Å². The first-order valence-corrected chi connectivity index (χ1v) is 5.47. The SMILES string of the molecule is CCOC(=O)C(F)(F)Oc1ccccc1OCC. The molecule has 0 spiro atoms. The molecule has 1 aromatic carbocycles.